The van der Waals surface area contributed by atoms with E-state index in [-0.39, 0.29) is 0 Å². The summed E-state index contributed by atoms with van der Waals surface area (Å²) in [6, 6.07) is 15.6. The Morgan fingerprint density at radius 3 is 2.71 bits per heavy atom. The quantitative estimate of drug-likeness (QED) is 0.323. The van der Waals surface area contributed by atoms with Crippen molar-refractivity contribution in [3.05, 3.63) is 48.0 Å². The first kappa shape index (κ1) is 22.3. The maximum absolute atomic E-state index is 5.57. The molecular weight excluding hydrogens is 400 g/mol. The van der Waals surface area contributed by atoms with Gasteiger partial charge in [0.1, 0.15) is 5.75 Å². The second-order valence-electron chi connectivity index (χ2n) is 8.67. The molecule has 2 aromatic carbocycles. The van der Waals surface area contributed by atoms with Gasteiger partial charge in [-0.3, -0.25) is 0 Å². The lowest BCUT2D eigenvalue weighted by Crippen LogP contribution is -2.20. The fourth-order valence-electron chi connectivity index (χ4n) is 4.74. The van der Waals surface area contributed by atoms with Crippen molar-refractivity contribution in [1.82, 2.24) is 9.47 Å². The highest BCUT2D eigenvalue weighted by molar-refractivity contribution is 7.99. The van der Waals surface area contributed by atoms with Gasteiger partial charge in [-0.05, 0) is 75.6 Å². The summed E-state index contributed by atoms with van der Waals surface area (Å²) < 4.78 is 8.16. The van der Waals surface area contributed by atoms with Crippen LogP contribution >= 0.6 is 11.8 Å². The molecule has 1 aliphatic heterocycles. The molecule has 166 valence electrons. The zero-order chi connectivity index (χ0) is 21.6. The number of aryl methyl sites for hydroxylation is 2. The molecule has 0 unspecified atom stereocenters. The summed E-state index contributed by atoms with van der Waals surface area (Å²) in [5.74, 6) is 2.08. The van der Waals surface area contributed by atoms with E-state index in [0.717, 1.165) is 24.5 Å². The number of benzene rings is 2. The normalized spacial score (nSPS) is 13.3. The third-order valence-electron chi connectivity index (χ3n) is 6.44. The molecule has 0 radical (unpaired) electrons. The van der Waals surface area contributed by atoms with E-state index in [4.69, 9.17) is 4.74 Å². The fraction of sp³-hybridized carbons (Fsp3) is 0.481. The van der Waals surface area contributed by atoms with E-state index < -0.39 is 0 Å². The third-order valence-corrected chi connectivity index (χ3v) is 7.52. The molecule has 2 heterocycles. The zero-order valence-corrected chi connectivity index (χ0v) is 20.1. The molecule has 0 bridgehead atoms. The Balaban J connectivity index is 1.59. The van der Waals surface area contributed by atoms with Crippen molar-refractivity contribution < 1.29 is 4.74 Å². The van der Waals surface area contributed by atoms with Crippen LogP contribution in [0, 0.1) is 0 Å². The number of unbranched alkanes of at least 4 members (excludes halogenated alkanes) is 3. The van der Waals surface area contributed by atoms with Crippen molar-refractivity contribution in [3.8, 4) is 17.0 Å². The maximum atomic E-state index is 5.57. The molecule has 1 aromatic heterocycles. The lowest BCUT2D eigenvalue weighted by atomic mass is 10.0. The highest BCUT2D eigenvalue weighted by atomic mass is 32.2. The Bertz CT molecular complexity index is 1010. The largest absolute Gasteiger partial charge is 0.497 e. The second-order valence-corrected chi connectivity index (χ2v) is 9.81. The number of hydrogen-bond donors (Lipinski definition) is 0. The molecule has 1 aliphatic rings. The summed E-state index contributed by atoms with van der Waals surface area (Å²) >= 11 is 1.99. The topological polar surface area (TPSA) is 17.4 Å². The van der Waals surface area contributed by atoms with Gasteiger partial charge in [-0.1, -0.05) is 38.0 Å². The molecule has 0 saturated carbocycles. The van der Waals surface area contributed by atoms with Gasteiger partial charge in [-0.25, -0.2) is 0 Å². The number of hydrogen-bond acceptors (Lipinski definition) is 3. The van der Waals surface area contributed by atoms with Crippen LogP contribution in [0.5, 0.6) is 5.75 Å². The standard InChI is InChI=1S/C27H36N2OS/c1-4-5-16-28(2)17-9-6-10-18-29-25-14-13-21(30-3)20-24(25)22-15-19-31-26-12-8-7-11-23(26)27(22)29/h7-8,11-14,20H,4-6,9-10,15-19H2,1-3H3. The molecule has 0 atom stereocenters. The molecule has 3 aromatic rings. The van der Waals surface area contributed by atoms with Crippen molar-refractivity contribution in [2.75, 3.05) is 33.0 Å². The van der Waals surface area contributed by atoms with Gasteiger partial charge in [0, 0.05) is 33.7 Å². The SMILES string of the molecule is CCCCN(C)CCCCCn1c2c(c3cc(OC)ccc31)CCSc1ccccc1-2. The molecule has 0 aliphatic carbocycles. The lowest BCUT2D eigenvalue weighted by Gasteiger charge is -2.16. The van der Waals surface area contributed by atoms with Crippen molar-refractivity contribution >= 4 is 22.7 Å². The molecule has 0 N–H and O–H groups in total. The second kappa shape index (κ2) is 10.6. The smallest absolute Gasteiger partial charge is 0.119 e. The minimum atomic E-state index is 0.952. The fourth-order valence-corrected chi connectivity index (χ4v) is 5.76. The highest BCUT2D eigenvalue weighted by Gasteiger charge is 2.23. The van der Waals surface area contributed by atoms with Crippen LogP contribution in [0.4, 0.5) is 0 Å². The minimum Gasteiger partial charge on any atom is -0.497 e. The van der Waals surface area contributed by atoms with Crippen LogP contribution < -0.4 is 4.74 Å². The number of thioether (sulfide) groups is 1. The maximum Gasteiger partial charge on any atom is 0.119 e. The molecule has 0 fully saturated rings. The molecule has 4 heteroatoms. The van der Waals surface area contributed by atoms with Gasteiger partial charge in [0.15, 0.2) is 0 Å². The van der Waals surface area contributed by atoms with Gasteiger partial charge in [-0.2, -0.15) is 0 Å². The van der Waals surface area contributed by atoms with Gasteiger partial charge in [-0.15, -0.1) is 11.8 Å². The van der Waals surface area contributed by atoms with Crippen LogP contribution in [0.15, 0.2) is 47.4 Å². The number of fused-ring (bicyclic) bond motifs is 5. The third kappa shape index (κ3) is 4.96. The monoisotopic (exact) mass is 436 g/mol. The average molecular weight is 437 g/mol. The summed E-state index contributed by atoms with van der Waals surface area (Å²) in [4.78, 5) is 3.90. The Kier molecular flexibility index (Phi) is 7.62. The van der Waals surface area contributed by atoms with Gasteiger partial charge in [0.05, 0.1) is 12.8 Å². The first-order valence-electron chi connectivity index (χ1n) is 11.8. The Labute approximate surface area is 191 Å². The van der Waals surface area contributed by atoms with E-state index in [9.17, 15) is 0 Å². The Morgan fingerprint density at radius 1 is 1.03 bits per heavy atom. The number of aromatic nitrogens is 1. The lowest BCUT2D eigenvalue weighted by molar-refractivity contribution is 0.318. The summed E-state index contributed by atoms with van der Waals surface area (Å²) in [5, 5.41) is 1.37. The number of nitrogens with zero attached hydrogens (tertiary/aromatic N) is 2. The van der Waals surface area contributed by atoms with E-state index >= 15 is 0 Å². The number of ether oxygens (including phenoxy) is 1. The van der Waals surface area contributed by atoms with E-state index in [0.29, 0.717) is 0 Å². The van der Waals surface area contributed by atoms with Crippen molar-refractivity contribution in [1.29, 1.82) is 0 Å². The van der Waals surface area contributed by atoms with Crippen LogP contribution in [0.2, 0.25) is 0 Å². The van der Waals surface area contributed by atoms with Gasteiger partial charge in [0.2, 0.25) is 0 Å². The van der Waals surface area contributed by atoms with Crippen molar-refractivity contribution in [2.45, 2.75) is 56.9 Å². The summed E-state index contributed by atoms with van der Waals surface area (Å²) in [6.45, 7) is 5.78. The van der Waals surface area contributed by atoms with E-state index in [1.54, 1.807) is 7.11 Å². The van der Waals surface area contributed by atoms with Crippen LogP contribution in [-0.4, -0.2) is 42.5 Å². The summed E-state index contributed by atoms with van der Waals surface area (Å²) in [6.07, 6.45) is 7.46. The Morgan fingerprint density at radius 2 is 1.87 bits per heavy atom. The van der Waals surface area contributed by atoms with E-state index in [1.807, 2.05) is 11.8 Å². The van der Waals surface area contributed by atoms with Crippen molar-refractivity contribution in [2.24, 2.45) is 0 Å². The van der Waals surface area contributed by atoms with Crippen LogP contribution in [0.3, 0.4) is 0 Å². The first-order valence-corrected chi connectivity index (χ1v) is 12.8. The average Bonchev–Trinajstić information content (AvgIpc) is 2.96. The minimum absolute atomic E-state index is 0.952. The summed E-state index contributed by atoms with van der Waals surface area (Å²) in [7, 11) is 4.02. The van der Waals surface area contributed by atoms with Crippen LogP contribution in [0.25, 0.3) is 22.2 Å². The first-order chi connectivity index (χ1) is 15.2. The molecule has 3 nitrogen and oxygen atoms in total. The zero-order valence-electron chi connectivity index (χ0n) is 19.3. The predicted molar refractivity (Wildman–Crippen MR) is 135 cm³/mol. The molecular formula is C27H36N2OS. The van der Waals surface area contributed by atoms with Crippen molar-refractivity contribution in [3.63, 3.8) is 0 Å². The molecule has 0 amide bonds. The molecule has 0 saturated heterocycles. The van der Waals surface area contributed by atoms with Gasteiger partial charge in [0.25, 0.3) is 0 Å². The Hall–Kier alpha value is -1.91. The highest BCUT2D eigenvalue weighted by Crippen LogP contribution is 2.43. The number of methoxy groups -OCH3 is 1. The van der Waals surface area contributed by atoms with Gasteiger partial charge >= 0.3 is 0 Å². The molecule has 4 rings (SSSR count). The summed E-state index contributed by atoms with van der Waals surface area (Å²) in [5.41, 5.74) is 5.68. The number of rotatable bonds is 10. The van der Waals surface area contributed by atoms with Crippen LogP contribution in [0.1, 0.15) is 44.6 Å². The van der Waals surface area contributed by atoms with E-state index in [2.05, 4.69) is 65.9 Å². The predicted octanol–water partition coefficient (Wildman–Crippen LogP) is 6.87. The molecule has 0 spiro atoms. The van der Waals surface area contributed by atoms with Gasteiger partial charge < -0.3 is 14.2 Å². The molecule has 31 heavy (non-hydrogen) atoms. The van der Waals surface area contributed by atoms with E-state index in [1.165, 1.54) is 77.8 Å². The van der Waals surface area contributed by atoms with Crippen LogP contribution in [-0.2, 0) is 13.0 Å².